The molecule has 82 valence electrons. The van der Waals surface area contributed by atoms with Crippen LogP contribution >= 0.6 is 0 Å². The smallest absolute Gasteiger partial charge is 0.188 e. The first-order chi connectivity index (χ1) is 6.56. The van der Waals surface area contributed by atoms with Crippen molar-refractivity contribution in [3.8, 4) is 0 Å². The summed E-state index contributed by atoms with van der Waals surface area (Å²) in [6, 6.07) is 0.503. The van der Waals surface area contributed by atoms with Crippen molar-refractivity contribution in [3.05, 3.63) is 0 Å². The van der Waals surface area contributed by atoms with E-state index in [4.69, 9.17) is 5.73 Å². The summed E-state index contributed by atoms with van der Waals surface area (Å²) in [4.78, 5) is 4.26. The van der Waals surface area contributed by atoms with Gasteiger partial charge in [0.15, 0.2) is 5.96 Å². The lowest BCUT2D eigenvalue weighted by Gasteiger charge is -2.28. The Labute approximate surface area is 87.2 Å². The lowest BCUT2D eigenvalue weighted by molar-refractivity contribution is 0.310. The van der Waals surface area contributed by atoms with Crippen LogP contribution < -0.4 is 11.1 Å². The van der Waals surface area contributed by atoms with Crippen molar-refractivity contribution in [2.75, 3.05) is 6.54 Å². The van der Waals surface area contributed by atoms with E-state index >= 15 is 0 Å². The summed E-state index contributed by atoms with van der Waals surface area (Å²) < 4.78 is 0. The van der Waals surface area contributed by atoms with Gasteiger partial charge in [0.1, 0.15) is 0 Å². The Balaban J connectivity index is 2.43. The summed E-state index contributed by atoms with van der Waals surface area (Å²) >= 11 is 0. The molecular formula is C11H23N3. The van der Waals surface area contributed by atoms with E-state index in [1.807, 2.05) is 0 Å². The number of nitrogens with one attached hydrogen (secondary N) is 1. The number of nitrogens with zero attached hydrogens (tertiary/aromatic N) is 1. The van der Waals surface area contributed by atoms with Crippen LogP contribution in [0, 0.1) is 5.41 Å². The van der Waals surface area contributed by atoms with E-state index in [1.165, 1.54) is 19.3 Å². The molecule has 0 aromatic rings. The standard InChI is InChI=1S/C11H23N3/c1-4-8-13-10(12)14-9-6-5-7-11(9,2)3/h9H,4-8H2,1-3H3,(H3,12,13,14). The van der Waals surface area contributed by atoms with Gasteiger partial charge < -0.3 is 11.1 Å². The van der Waals surface area contributed by atoms with Gasteiger partial charge in [-0.2, -0.15) is 0 Å². The predicted molar refractivity (Wildman–Crippen MR) is 61.3 cm³/mol. The lowest BCUT2D eigenvalue weighted by atomic mass is 9.87. The minimum absolute atomic E-state index is 0.367. The van der Waals surface area contributed by atoms with E-state index in [9.17, 15) is 0 Å². The molecule has 0 amide bonds. The van der Waals surface area contributed by atoms with Gasteiger partial charge in [-0.25, -0.2) is 0 Å². The van der Waals surface area contributed by atoms with E-state index in [0.29, 0.717) is 17.4 Å². The van der Waals surface area contributed by atoms with Gasteiger partial charge in [-0.1, -0.05) is 27.2 Å². The maximum Gasteiger partial charge on any atom is 0.188 e. The maximum absolute atomic E-state index is 5.80. The van der Waals surface area contributed by atoms with Crippen LogP contribution in [0.2, 0.25) is 0 Å². The van der Waals surface area contributed by atoms with Gasteiger partial charge in [0.05, 0.1) is 0 Å². The Kier molecular flexibility index (Phi) is 3.78. The van der Waals surface area contributed by atoms with Gasteiger partial charge in [0.25, 0.3) is 0 Å². The molecular weight excluding hydrogens is 174 g/mol. The maximum atomic E-state index is 5.80. The summed E-state index contributed by atoms with van der Waals surface area (Å²) in [5.74, 6) is 0.617. The molecule has 1 atom stereocenters. The van der Waals surface area contributed by atoms with Crippen molar-refractivity contribution < 1.29 is 0 Å². The van der Waals surface area contributed by atoms with E-state index in [-0.39, 0.29) is 0 Å². The van der Waals surface area contributed by atoms with Crippen LogP contribution in [0.15, 0.2) is 4.99 Å². The molecule has 1 rings (SSSR count). The molecule has 0 saturated heterocycles. The predicted octanol–water partition coefficient (Wildman–Crippen LogP) is 1.88. The van der Waals surface area contributed by atoms with Crippen molar-refractivity contribution in [3.63, 3.8) is 0 Å². The highest BCUT2D eigenvalue weighted by atomic mass is 15.1. The fourth-order valence-electron chi connectivity index (χ4n) is 2.05. The minimum Gasteiger partial charge on any atom is -0.370 e. The van der Waals surface area contributed by atoms with Gasteiger partial charge in [-0.05, 0) is 24.7 Å². The van der Waals surface area contributed by atoms with Crippen LogP contribution in [-0.2, 0) is 0 Å². The third-order valence-corrected chi connectivity index (χ3v) is 3.09. The van der Waals surface area contributed by atoms with Crippen LogP contribution in [0.1, 0.15) is 46.5 Å². The van der Waals surface area contributed by atoms with Crippen LogP contribution in [0.3, 0.4) is 0 Å². The molecule has 0 radical (unpaired) electrons. The molecule has 3 N–H and O–H groups in total. The molecule has 1 fully saturated rings. The number of rotatable bonds is 3. The van der Waals surface area contributed by atoms with Gasteiger partial charge >= 0.3 is 0 Å². The first kappa shape index (κ1) is 11.3. The highest BCUT2D eigenvalue weighted by Gasteiger charge is 2.34. The zero-order valence-corrected chi connectivity index (χ0v) is 9.64. The molecule has 1 aliphatic rings. The summed E-state index contributed by atoms with van der Waals surface area (Å²) in [7, 11) is 0. The van der Waals surface area contributed by atoms with Gasteiger partial charge in [-0.3, -0.25) is 4.99 Å². The summed E-state index contributed by atoms with van der Waals surface area (Å²) in [6.07, 6.45) is 4.85. The Morgan fingerprint density at radius 1 is 1.57 bits per heavy atom. The molecule has 0 bridgehead atoms. The average molecular weight is 197 g/mol. The molecule has 3 heteroatoms. The molecule has 1 saturated carbocycles. The second-order valence-electron chi connectivity index (χ2n) is 4.84. The van der Waals surface area contributed by atoms with Crippen LogP contribution in [0.5, 0.6) is 0 Å². The highest BCUT2D eigenvalue weighted by molar-refractivity contribution is 5.78. The first-order valence-corrected chi connectivity index (χ1v) is 5.62. The van der Waals surface area contributed by atoms with Crippen molar-refractivity contribution in [1.82, 2.24) is 5.32 Å². The number of aliphatic imine (C=N–C) groups is 1. The van der Waals surface area contributed by atoms with Crippen molar-refractivity contribution in [2.45, 2.75) is 52.5 Å². The van der Waals surface area contributed by atoms with Crippen LogP contribution in [-0.4, -0.2) is 18.5 Å². The largest absolute Gasteiger partial charge is 0.370 e. The lowest BCUT2D eigenvalue weighted by Crippen LogP contribution is -2.45. The van der Waals surface area contributed by atoms with E-state index in [2.05, 4.69) is 31.1 Å². The molecule has 0 spiro atoms. The molecule has 0 heterocycles. The van der Waals surface area contributed by atoms with E-state index in [0.717, 1.165) is 13.0 Å². The van der Waals surface area contributed by atoms with Gasteiger partial charge in [-0.15, -0.1) is 0 Å². The third kappa shape index (κ3) is 2.89. The van der Waals surface area contributed by atoms with Crippen molar-refractivity contribution in [2.24, 2.45) is 16.1 Å². The Hall–Kier alpha value is -0.730. The topological polar surface area (TPSA) is 50.4 Å². The van der Waals surface area contributed by atoms with E-state index in [1.54, 1.807) is 0 Å². The Bertz CT molecular complexity index is 209. The van der Waals surface area contributed by atoms with Crippen LogP contribution in [0.25, 0.3) is 0 Å². The quantitative estimate of drug-likeness (QED) is 0.536. The highest BCUT2D eigenvalue weighted by Crippen LogP contribution is 2.36. The van der Waals surface area contributed by atoms with E-state index < -0.39 is 0 Å². The SMILES string of the molecule is CCCN=C(N)NC1CCCC1(C)C. The Morgan fingerprint density at radius 2 is 2.29 bits per heavy atom. The number of hydrogen-bond donors (Lipinski definition) is 2. The number of guanidine groups is 1. The fourth-order valence-corrected chi connectivity index (χ4v) is 2.05. The van der Waals surface area contributed by atoms with Crippen LogP contribution in [0.4, 0.5) is 0 Å². The molecule has 0 aromatic heterocycles. The summed E-state index contributed by atoms with van der Waals surface area (Å²) in [6.45, 7) is 7.53. The average Bonchev–Trinajstić information content (AvgIpc) is 2.43. The zero-order chi connectivity index (χ0) is 10.6. The molecule has 14 heavy (non-hydrogen) atoms. The van der Waals surface area contributed by atoms with Gasteiger partial charge in [0, 0.05) is 12.6 Å². The second kappa shape index (κ2) is 4.67. The second-order valence-corrected chi connectivity index (χ2v) is 4.84. The Morgan fingerprint density at radius 3 is 2.79 bits per heavy atom. The molecule has 0 aromatic carbocycles. The number of nitrogens with two attached hydrogens (primary N) is 1. The fraction of sp³-hybridized carbons (Fsp3) is 0.909. The normalized spacial score (nSPS) is 26.5. The summed E-state index contributed by atoms with van der Waals surface area (Å²) in [5.41, 5.74) is 6.17. The molecule has 1 unspecified atom stereocenters. The first-order valence-electron chi connectivity index (χ1n) is 5.62. The molecule has 1 aliphatic carbocycles. The zero-order valence-electron chi connectivity index (χ0n) is 9.64. The van der Waals surface area contributed by atoms with Gasteiger partial charge in [0.2, 0.25) is 0 Å². The molecule has 3 nitrogen and oxygen atoms in total. The summed E-state index contributed by atoms with van der Waals surface area (Å²) in [5, 5.41) is 3.33. The van der Waals surface area contributed by atoms with Crippen molar-refractivity contribution >= 4 is 5.96 Å². The number of hydrogen-bond acceptors (Lipinski definition) is 1. The third-order valence-electron chi connectivity index (χ3n) is 3.09. The minimum atomic E-state index is 0.367. The molecule has 0 aliphatic heterocycles. The monoisotopic (exact) mass is 197 g/mol. The van der Waals surface area contributed by atoms with Crippen molar-refractivity contribution in [1.29, 1.82) is 0 Å².